The van der Waals surface area contributed by atoms with Crippen molar-refractivity contribution in [2.24, 2.45) is 5.14 Å². The van der Waals surface area contributed by atoms with Crippen molar-refractivity contribution in [3.63, 3.8) is 0 Å². The van der Waals surface area contributed by atoms with Crippen LogP contribution in [0, 0.1) is 0 Å². The fraction of sp³-hybridized carbons (Fsp3) is 0.818. The average molecular weight is 272 g/mol. The van der Waals surface area contributed by atoms with Gasteiger partial charge in [0, 0.05) is 12.0 Å². The minimum Gasteiger partial charge on any atom is -0.301 e. The maximum atomic E-state index is 11.5. The number of aromatic nitrogens is 3. The molecule has 7 heteroatoms. The van der Waals surface area contributed by atoms with Crippen LogP contribution in [0.15, 0.2) is 5.16 Å². The Morgan fingerprint density at radius 2 is 1.89 bits per heavy atom. The van der Waals surface area contributed by atoms with Crippen LogP contribution in [-0.4, -0.2) is 23.2 Å². The Bertz CT molecular complexity index is 529. The standard InChI is InChI=1S/C11H20N4O2S/c1-3-15-9(11(2)7-5-4-6-8-11)13-14-10(15)18(12,16)17/h3-8H2,1-2H3,(H2,12,16,17). The molecule has 0 spiro atoms. The molecule has 102 valence electrons. The van der Waals surface area contributed by atoms with Gasteiger partial charge in [0.1, 0.15) is 5.82 Å². The number of primary sulfonamides is 1. The van der Waals surface area contributed by atoms with Crippen molar-refractivity contribution in [2.45, 2.75) is 63.1 Å². The second-order valence-electron chi connectivity index (χ2n) is 5.22. The van der Waals surface area contributed by atoms with Crippen molar-refractivity contribution in [3.8, 4) is 0 Å². The molecule has 2 N–H and O–H groups in total. The zero-order chi connectivity index (χ0) is 13.4. The first-order chi connectivity index (χ1) is 8.38. The van der Waals surface area contributed by atoms with Gasteiger partial charge in [0.25, 0.3) is 15.2 Å². The highest BCUT2D eigenvalue weighted by Gasteiger charge is 2.35. The summed E-state index contributed by atoms with van der Waals surface area (Å²) in [5.41, 5.74) is -0.0792. The number of hydrogen-bond donors (Lipinski definition) is 1. The highest BCUT2D eigenvalue weighted by molar-refractivity contribution is 7.89. The van der Waals surface area contributed by atoms with Gasteiger partial charge in [-0.25, -0.2) is 13.6 Å². The highest BCUT2D eigenvalue weighted by Crippen LogP contribution is 2.38. The summed E-state index contributed by atoms with van der Waals surface area (Å²) in [6, 6.07) is 0. The van der Waals surface area contributed by atoms with Crippen molar-refractivity contribution < 1.29 is 8.42 Å². The van der Waals surface area contributed by atoms with Crippen LogP contribution >= 0.6 is 0 Å². The molecule has 0 amide bonds. The van der Waals surface area contributed by atoms with E-state index < -0.39 is 10.0 Å². The first-order valence-electron chi connectivity index (χ1n) is 6.35. The average Bonchev–Trinajstić information content (AvgIpc) is 2.73. The minimum atomic E-state index is -3.80. The summed E-state index contributed by atoms with van der Waals surface area (Å²) in [6.07, 6.45) is 5.58. The summed E-state index contributed by atoms with van der Waals surface area (Å²) in [4.78, 5) is 0. The van der Waals surface area contributed by atoms with Crippen molar-refractivity contribution in [1.82, 2.24) is 14.8 Å². The predicted octanol–water partition coefficient (Wildman–Crippen LogP) is 1.17. The van der Waals surface area contributed by atoms with E-state index in [-0.39, 0.29) is 10.6 Å². The van der Waals surface area contributed by atoms with Gasteiger partial charge in [0.2, 0.25) is 0 Å². The molecule has 1 fully saturated rings. The van der Waals surface area contributed by atoms with Gasteiger partial charge in [-0.15, -0.1) is 10.2 Å². The summed E-state index contributed by atoms with van der Waals surface area (Å²) < 4.78 is 24.6. The van der Waals surface area contributed by atoms with Crippen LogP contribution in [0.1, 0.15) is 51.8 Å². The third-order valence-corrected chi connectivity index (χ3v) is 4.60. The molecule has 0 saturated heterocycles. The molecule has 1 saturated carbocycles. The molecule has 1 aliphatic carbocycles. The Labute approximate surface area is 108 Å². The van der Waals surface area contributed by atoms with E-state index in [9.17, 15) is 8.42 Å². The summed E-state index contributed by atoms with van der Waals surface area (Å²) in [5.74, 6) is 0.758. The fourth-order valence-corrected chi connectivity index (χ4v) is 3.46. The number of hydrogen-bond acceptors (Lipinski definition) is 4. The van der Waals surface area contributed by atoms with E-state index in [4.69, 9.17) is 5.14 Å². The Morgan fingerprint density at radius 3 is 2.39 bits per heavy atom. The second kappa shape index (κ2) is 4.62. The Kier molecular flexibility index (Phi) is 3.46. The van der Waals surface area contributed by atoms with E-state index >= 15 is 0 Å². The van der Waals surface area contributed by atoms with Gasteiger partial charge < -0.3 is 4.57 Å². The van der Waals surface area contributed by atoms with Gasteiger partial charge in [-0.1, -0.05) is 26.2 Å². The summed E-state index contributed by atoms with van der Waals surface area (Å²) in [5, 5.41) is 12.9. The molecule has 1 aliphatic rings. The topological polar surface area (TPSA) is 90.9 Å². The van der Waals surface area contributed by atoms with Gasteiger partial charge >= 0.3 is 0 Å². The number of nitrogens with zero attached hydrogens (tertiary/aromatic N) is 3. The molecular weight excluding hydrogens is 252 g/mol. The predicted molar refractivity (Wildman–Crippen MR) is 67.5 cm³/mol. The molecule has 2 rings (SSSR count). The van der Waals surface area contributed by atoms with E-state index in [0.717, 1.165) is 31.5 Å². The van der Waals surface area contributed by atoms with Gasteiger partial charge in [-0.05, 0) is 19.8 Å². The van der Waals surface area contributed by atoms with Crippen LogP contribution in [0.2, 0.25) is 0 Å². The zero-order valence-corrected chi connectivity index (χ0v) is 11.7. The van der Waals surface area contributed by atoms with Gasteiger partial charge in [0.15, 0.2) is 0 Å². The lowest BCUT2D eigenvalue weighted by Gasteiger charge is -2.32. The fourth-order valence-electron chi connectivity index (χ4n) is 2.79. The SMILES string of the molecule is CCn1c(C2(C)CCCCC2)nnc1S(N)(=O)=O. The minimum absolute atomic E-state index is 0.0792. The van der Waals surface area contributed by atoms with E-state index in [1.54, 1.807) is 4.57 Å². The largest absolute Gasteiger partial charge is 0.301 e. The molecule has 6 nitrogen and oxygen atoms in total. The van der Waals surface area contributed by atoms with Crippen molar-refractivity contribution in [1.29, 1.82) is 0 Å². The normalized spacial score (nSPS) is 19.9. The smallest absolute Gasteiger partial charge is 0.273 e. The van der Waals surface area contributed by atoms with Crippen LogP contribution in [0.3, 0.4) is 0 Å². The van der Waals surface area contributed by atoms with Crippen LogP contribution < -0.4 is 5.14 Å². The monoisotopic (exact) mass is 272 g/mol. The molecule has 0 aromatic carbocycles. The van der Waals surface area contributed by atoms with Crippen LogP contribution in [-0.2, 0) is 22.0 Å². The maximum absolute atomic E-state index is 11.5. The molecule has 0 atom stereocenters. The van der Waals surface area contributed by atoms with E-state index in [2.05, 4.69) is 17.1 Å². The molecule has 0 bridgehead atoms. The van der Waals surface area contributed by atoms with Crippen LogP contribution in [0.4, 0.5) is 0 Å². The van der Waals surface area contributed by atoms with E-state index in [1.807, 2.05) is 6.92 Å². The number of sulfonamides is 1. The number of rotatable bonds is 3. The number of nitrogens with two attached hydrogens (primary N) is 1. The maximum Gasteiger partial charge on any atom is 0.273 e. The van der Waals surface area contributed by atoms with Crippen LogP contribution in [0.5, 0.6) is 0 Å². The molecule has 1 heterocycles. The first kappa shape index (κ1) is 13.5. The highest BCUT2D eigenvalue weighted by atomic mass is 32.2. The quantitative estimate of drug-likeness (QED) is 0.894. The first-order valence-corrected chi connectivity index (χ1v) is 7.89. The van der Waals surface area contributed by atoms with E-state index in [1.165, 1.54) is 6.42 Å². The van der Waals surface area contributed by atoms with Crippen molar-refractivity contribution in [3.05, 3.63) is 5.82 Å². The molecule has 1 aromatic rings. The van der Waals surface area contributed by atoms with Crippen molar-refractivity contribution >= 4 is 10.0 Å². The van der Waals surface area contributed by atoms with Gasteiger partial charge in [-0.2, -0.15) is 0 Å². The summed E-state index contributed by atoms with van der Waals surface area (Å²) in [7, 11) is -3.80. The summed E-state index contributed by atoms with van der Waals surface area (Å²) in [6.45, 7) is 4.53. The lowest BCUT2D eigenvalue weighted by atomic mass is 9.75. The lowest BCUT2D eigenvalue weighted by molar-refractivity contribution is 0.292. The third kappa shape index (κ3) is 2.29. The Hall–Kier alpha value is -0.950. The molecule has 0 aliphatic heterocycles. The van der Waals surface area contributed by atoms with Gasteiger partial charge in [0.05, 0.1) is 0 Å². The third-order valence-electron chi connectivity index (χ3n) is 3.78. The zero-order valence-electron chi connectivity index (χ0n) is 10.9. The van der Waals surface area contributed by atoms with E-state index in [0.29, 0.717) is 6.54 Å². The Balaban J connectivity index is 2.49. The molecule has 0 radical (unpaired) electrons. The molecule has 0 unspecified atom stereocenters. The van der Waals surface area contributed by atoms with Gasteiger partial charge in [-0.3, -0.25) is 0 Å². The second-order valence-corrected chi connectivity index (χ2v) is 6.67. The molecular formula is C11H20N4O2S. The van der Waals surface area contributed by atoms with Crippen LogP contribution in [0.25, 0.3) is 0 Å². The molecule has 18 heavy (non-hydrogen) atoms. The molecule has 1 aromatic heterocycles. The lowest BCUT2D eigenvalue weighted by Crippen LogP contribution is -2.30. The summed E-state index contributed by atoms with van der Waals surface area (Å²) >= 11 is 0. The van der Waals surface area contributed by atoms with Crippen molar-refractivity contribution in [2.75, 3.05) is 0 Å². The Morgan fingerprint density at radius 1 is 1.28 bits per heavy atom.